The van der Waals surface area contributed by atoms with E-state index in [2.05, 4.69) is 49.1 Å². The van der Waals surface area contributed by atoms with Crippen molar-refractivity contribution < 1.29 is 4.79 Å². The predicted octanol–water partition coefficient (Wildman–Crippen LogP) is 4.66. The van der Waals surface area contributed by atoms with Gasteiger partial charge in [0.05, 0.1) is 53.2 Å². The van der Waals surface area contributed by atoms with Crippen molar-refractivity contribution in [1.29, 1.82) is 0 Å². The van der Waals surface area contributed by atoms with Crippen LogP contribution < -0.4 is 16.2 Å². The van der Waals surface area contributed by atoms with Crippen molar-refractivity contribution in [2.75, 3.05) is 10.7 Å². The molecule has 0 fully saturated rings. The molecule has 0 spiro atoms. The summed E-state index contributed by atoms with van der Waals surface area (Å²) >= 11 is 0. The lowest BCUT2D eigenvalue weighted by Crippen LogP contribution is -2.20. The van der Waals surface area contributed by atoms with Crippen LogP contribution in [-0.2, 0) is 4.79 Å². The highest BCUT2D eigenvalue weighted by Crippen LogP contribution is 2.36. The van der Waals surface area contributed by atoms with Crippen molar-refractivity contribution in [1.82, 2.24) is 34.9 Å². The first-order valence-corrected chi connectivity index (χ1v) is 12.3. The van der Waals surface area contributed by atoms with Crippen LogP contribution in [0.2, 0.25) is 0 Å². The molecule has 37 heavy (non-hydrogen) atoms. The predicted molar refractivity (Wildman–Crippen MR) is 142 cm³/mol. The van der Waals surface area contributed by atoms with E-state index in [0.29, 0.717) is 12.1 Å². The zero-order valence-electron chi connectivity index (χ0n) is 20.6. The smallest absolute Gasteiger partial charge is 0.224 e. The minimum Gasteiger partial charge on any atom is -0.339 e. The average Bonchev–Trinajstić information content (AvgIpc) is 3.64. The topological polar surface area (TPSA) is 125 Å². The van der Waals surface area contributed by atoms with E-state index < -0.39 is 0 Å². The van der Waals surface area contributed by atoms with Gasteiger partial charge in [-0.15, -0.1) is 0 Å². The Hall–Kier alpha value is -4.57. The second-order valence-electron chi connectivity index (χ2n) is 9.22. The number of nitrogens with zero attached hydrogens (tertiary/aromatic N) is 5. The van der Waals surface area contributed by atoms with Crippen molar-refractivity contribution in [3.05, 3.63) is 78.7 Å². The number of amides is 1. The number of carbonyl (C=O) groups excluding carboxylic acids is 1. The summed E-state index contributed by atoms with van der Waals surface area (Å²) in [7, 11) is 0. The van der Waals surface area contributed by atoms with Crippen LogP contribution in [0.1, 0.15) is 49.3 Å². The summed E-state index contributed by atoms with van der Waals surface area (Å²) in [4.78, 5) is 33.6. The molecular formula is C27H27N9O. The second kappa shape index (κ2) is 9.47. The number of hydrogen-bond donors (Lipinski definition) is 4. The third kappa shape index (κ3) is 4.43. The van der Waals surface area contributed by atoms with Crippen LogP contribution in [0.4, 0.5) is 11.4 Å². The molecule has 10 nitrogen and oxygen atoms in total. The monoisotopic (exact) mass is 493 g/mol. The molecule has 1 aliphatic heterocycles. The van der Waals surface area contributed by atoms with Crippen molar-refractivity contribution in [2.45, 2.75) is 39.2 Å². The number of anilines is 2. The molecule has 0 aliphatic carbocycles. The molecule has 1 aromatic carbocycles. The number of H-pyrrole nitrogens is 1. The number of carbonyl (C=O) groups is 1. The molecule has 10 heteroatoms. The summed E-state index contributed by atoms with van der Waals surface area (Å²) in [5, 5.41) is 2.96. The Balaban J connectivity index is 1.31. The number of unbranched alkanes of at least 4 members (excludes halogenated alkanes) is 1. The van der Waals surface area contributed by atoms with Crippen LogP contribution in [0.15, 0.2) is 61.6 Å². The fourth-order valence-corrected chi connectivity index (χ4v) is 4.58. The van der Waals surface area contributed by atoms with E-state index in [4.69, 9.17) is 4.98 Å². The number of aryl methyl sites for hydroxylation is 1. The lowest BCUT2D eigenvalue weighted by Gasteiger charge is -2.10. The van der Waals surface area contributed by atoms with Crippen molar-refractivity contribution in [3.63, 3.8) is 0 Å². The molecule has 1 unspecified atom stereocenters. The third-order valence-electron chi connectivity index (χ3n) is 6.48. The number of benzene rings is 1. The van der Waals surface area contributed by atoms with Gasteiger partial charge in [-0.2, -0.15) is 0 Å². The van der Waals surface area contributed by atoms with E-state index in [0.717, 1.165) is 63.5 Å². The number of pyridine rings is 2. The van der Waals surface area contributed by atoms with Gasteiger partial charge in [0, 0.05) is 29.9 Å². The highest BCUT2D eigenvalue weighted by molar-refractivity contribution is 5.91. The van der Waals surface area contributed by atoms with Crippen LogP contribution in [0, 0.1) is 6.92 Å². The zero-order chi connectivity index (χ0) is 25.4. The first kappa shape index (κ1) is 22.9. The Morgan fingerprint density at radius 1 is 1.11 bits per heavy atom. The van der Waals surface area contributed by atoms with Crippen molar-refractivity contribution in [3.8, 4) is 16.8 Å². The van der Waals surface area contributed by atoms with E-state index in [9.17, 15) is 4.79 Å². The van der Waals surface area contributed by atoms with Crippen LogP contribution in [0.5, 0.6) is 0 Å². The lowest BCUT2D eigenvalue weighted by atomic mass is 9.99. The molecule has 0 radical (unpaired) electrons. The number of fused-ring (bicyclic) bond motifs is 2. The van der Waals surface area contributed by atoms with Gasteiger partial charge >= 0.3 is 0 Å². The Morgan fingerprint density at radius 3 is 2.84 bits per heavy atom. The van der Waals surface area contributed by atoms with E-state index in [1.54, 1.807) is 31.1 Å². The van der Waals surface area contributed by atoms with Gasteiger partial charge in [-0.25, -0.2) is 15.4 Å². The van der Waals surface area contributed by atoms with Crippen molar-refractivity contribution >= 4 is 28.3 Å². The molecule has 1 amide bonds. The summed E-state index contributed by atoms with van der Waals surface area (Å²) in [6.07, 6.45) is 13.1. The van der Waals surface area contributed by atoms with Gasteiger partial charge in [0.1, 0.15) is 17.4 Å². The molecule has 186 valence electrons. The molecule has 4 aromatic heterocycles. The van der Waals surface area contributed by atoms with Crippen LogP contribution in [0.3, 0.4) is 0 Å². The first-order chi connectivity index (χ1) is 18.1. The molecule has 5 aromatic rings. The zero-order valence-corrected chi connectivity index (χ0v) is 20.6. The summed E-state index contributed by atoms with van der Waals surface area (Å²) in [6.45, 7) is 4.02. The number of hydrogen-bond acceptors (Lipinski definition) is 7. The fourth-order valence-electron chi connectivity index (χ4n) is 4.58. The average molecular weight is 494 g/mol. The Morgan fingerprint density at radius 2 is 2.00 bits per heavy atom. The number of hydrazine groups is 1. The van der Waals surface area contributed by atoms with Gasteiger partial charge in [0.2, 0.25) is 5.91 Å². The maximum absolute atomic E-state index is 12.2. The molecule has 0 saturated heterocycles. The quantitative estimate of drug-likeness (QED) is 0.260. The van der Waals surface area contributed by atoms with E-state index in [1.165, 1.54) is 0 Å². The summed E-state index contributed by atoms with van der Waals surface area (Å²) < 4.78 is 1.93. The van der Waals surface area contributed by atoms with Crippen LogP contribution in [0.25, 0.3) is 27.8 Å². The van der Waals surface area contributed by atoms with Crippen molar-refractivity contribution in [2.24, 2.45) is 0 Å². The van der Waals surface area contributed by atoms with Gasteiger partial charge in [-0.05, 0) is 37.1 Å². The summed E-state index contributed by atoms with van der Waals surface area (Å²) in [6, 6.07) is 7.96. The third-order valence-corrected chi connectivity index (χ3v) is 6.48. The number of nitrogens with one attached hydrogen (secondary N) is 4. The standard InChI is InChI=1S/C27H27N9O/c1-3-4-5-24(37)31-19-8-18(10-28-11-19)17-6-7-21-20(9-17)25(35-34-21)27-32-22-12-29-13-23(26(22)33-27)36-14-16(2)30-15-36/h6-15,25,34-35H,3-5H2,1-2H3,(H,31,37)(H,32,33). The minimum absolute atomic E-state index is 0.00724. The molecule has 1 atom stereocenters. The first-order valence-electron chi connectivity index (χ1n) is 12.3. The fraction of sp³-hybridized carbons (Fsp3) is 0.222. The Labute approximate surface area is 213 Å². The molecule has 0 saturated carbocycles. The molecule has 5 heterocycles. The van der Waals surface area contributed by atoms with Gasteiger partial charge in [0.15, 0.2) is 0 Å². The van der Waals surface area contributed by atoms with Crippen LogP contribution in [-0.4, -0.2) is 35.4 Å². The highest BCUT2D eigenvalue weighted by atomic mass is 16.1. The lowest BCUT2D eigenvalue weighted by molar-refractivity contribution is -0.116. The maximum atomic E-state index is 12.2. The molecule has 0 bridgehead atoms. The van der Waals surface area contributed by atoms with Gasteiger partial charge in [0.25, 0.3) is 0 Å². The highest BCUT2D eigenvalue weighted by Gasteiger charge is 2.27. The van der Waals surface area contributed by atoms with E-state index >= 15 is 0 Å². The van der Waals surface area contributed by atoms with Gasteiger partial charge in [-0.3, -0.25) is 14.8 Å². The SMILES string of the molecule is CCCCC(=O)Nc1cncc(-c2ccc3c(c2)C(c2nc4c(-n5cnc(C)c5)cncc4[nH]2)NN3)c1. The minimum atomic E-state index is -0.190. The summed E-state index contributed by atoms with van der Waals surface area (Å²) in [5.41, 5.74) is 14.7. The molecular weight excluding hydrogens is 466 g/mol. The van der Waals surface area contributed by atoms with E-state index in [1.807, 2.05) is 35.9 Å². The largest absolute Gasteiger partial charge is 0.339 e. The van der Waals surface area contributed by atoms with Crippen LogP contribution >= 0.6 is 0 Å². The molecule has 4 N–H and O–H groups in total. The normalized spacial score (nSPS) is 14.5. The Bertz CT molecular complexity index is 1600. The maximum Gasteiger partial charge on any atom is 0.224 e. The summed E-state index contributed by atoms with van der Waals surface area (Å²) in [5.74, 6) is 0.785. The van der Waals surface area contributed by atoms with Gasteiger partial charge < -0.3 is 20.3 Å². The number of rotatable bonds is 7. The Kier molecular flexibility index (Phi) is 5.85. The number of imidazole rings is 2. The number of aromatic nitrogens is 6. The molecule has 6 rings (SSSR count). The number of aromatic amines is 1. The second-order valence-corrected chi connectivity index (χ2v) is 9.22. The molecule has 1 aliphatic rings. The van der Waals surface area contributed by atoms with E-state index in [-0.39, 0.29) is 11.9 Å². The van der Waals surface area contributed by atoms with Gasteiger partial charge in [-0.1, -0.05) is 19.4 Å².